The highest BCUT2D eigenvalue weighted by Gasteiger charge is 2.28. The molecule has 0 aliphatic heterocycles. The second-order valence-electron chi connectivity index (χ2n) is 6.27. The first-order valence-electron chi connectivity index (χ1n) is 8.66. The SMILES string of the molecule is O=C(NCc1ccccc1)c1ccccc1OCc1nc(C2CC2)no1. The van der Waals surface area contributed by atoms with E-state index in [0.29, 0.717) is 29.7 Å². The molecule has 3 aromatic rings. The maximum atomic E-state index is 12.5. The van der Waals surface area contributed by atoms with E-state index in [0.717, 1.165) is 24.2 Å². The topological polar surface area (TPSA) is 77.2 Å². The number of rotatable bonds is 7. The molecule has 1 aliphatic carbocycles. The summed E-state index contributed by atoms with van der Waals surface area (Å²) < 4.78 is 11.0. The van der Waals surface area contributed by atoms with Gasteiger partial charge in [0.2, 0.25) is 0 Å². The summed E-state index contributed by atoms with van der Waals surface area (Å²) in [5.41, 5.74) is 1.52. The van der Waals surface area contributed by atoms with Gasteiger partial charge in [0.15, 0.2) is 12.4 Å². The highest BCUT2D eigenvalue weighted by Crippen LogP contribution is 2.38. The van der Waals surface area contributed by atoms with Gasteiger partial charge in [-0.05, 0) is 30.5 Å². The average Bonchev–Trinajstić information content (AvgIpc) is 3.44. The molecule has 0 radical (unpaired) electrons. The van der Waals surface area contributed by atoms with Crippen molar-refractivity contribution in [3.8, 4) is 5.75 Å². The van der Waals surface area contributed by atoms with Gasteiger partial charge in [-0.25, -0.2) is 0 Å². The van der Waals surface area contributed by atoms with Gasteiger partial charge in [0.1, 0.15) is 5.75 Å². The summed E-state index contributed by atoms with van der Waals surface area (Å²) in [5, 5.41) is 6.88. The first-order valence-corrected chi connectivity index (χ1v) is 8.66. The van der Waals surface area contributed by atoms with Crippen LogP contribution in [0.2, 0.25) is 0 Å². The number of hydrogen-bond donors (Lipinski definition) is 1. The normalized spacial score (nSPS) is 13.4. The summed E-state index contributed by atoms with van der Waals surface area (Å²) in [6.45, 7) is 0.602. The van der Waals surface area contributed by atoms with Gasteiger partial charge in [-0.1, -0.05) is 47.6 Å². The fourth-order valence-corrected chi connectivity index (χ4v) is 2.63. The summed E-state index contributed by atoms with van der Waals surface area (Å²) >= 11 is 0. The molecular weight excluding hydrogens is 330 g/mol. The van der Waals surface area contributed by atoms with Crippen molar-refractivity contribution in [2.75, 3.05) is 0 Å². The average molecular weight is 349 g/mol. The van der Waals surface area contributed by atoms with Gasteiger partial charge in [-0.2, -0.15) is 4.98 Å². The van der Waals surface area contributed by atoms with Crippen molar-refractivity contribution in [3.63, 3.8) is 0 Å². The second-order valence-corrected chi connectivity index (χ2v) is 6.27. The van der Waals surface area contributed by atoms with Crippen LogP contribution in [0.25, 0.3) is 0 Å². The predicted molar refractivity (Wildman–Crippen MR) is 94.7 cm³/mol. The molecule has 0 unspecified atom stereocenters. The third-order valence-corrected chi connectivity index (χ3v) is 4.21. The molecule has 6 nitrogen and oxygen atoms in total. The van der Waals surface area contributed by atoms with Crippen LogP contribution >= 0.6 is 0 Å². The molecule has 6 heteroatoms. The molecule has 1 N–H and O–H groups in total. The largest absolute Gasteiger partial charge is 0.483 e. The molecule has 26 heavy (non-hydrogen) atoms. The molecule has 1 amide bonds. The van der Waals surface area contributed by atoms with E-state index in [1.54, 1.807) is 12.1 Å². The summed E-state index contributed by atoms with van der Waals surface area (Å²) in [6, 6.07) is 16.9. The van der Waals surface area contributed by atoms with Crippen LogP contribution in [0.4, 0.5) is 0 Å². The van der Waals surface area contributed by atoms with Gasteiger partial charge < -0.3 is 14.6 Å². The van der Waals surface area contributed by atoms with Gasteiger partial charge >= 0.3 is 0 Å². The molecule has 0 bridgehead atoms. The highest BCUT2D eigenvalue weighted by atomic mass is 16.5. The fourth-order valence-electron chi connectivity index (χ4n) is 2.63. The van der Waals surface area contributed by atoms with Crippen molar-refractivity contribution in [2.24, 2.45) is 0 Å². The smallest absolute Gasteiger partial charge is 0.264 e. The molecule has 1 aromatic heterocycles. The Labute approximate surface area is 151 Å². The summed E-state index contributed by atoms with van der Waals surface area (Å²) in [5.74, 6) is 1.91. The van der Waals surface area contributed by atoms with E-state index in [1.165, 1.54) is 0 Å². The van der Waals surface area contributed by atoms with Crippen LogP contribution in [-0.4, -0.2) is 16.0 Å². The van der Waals surface area contributed by atoms with Crippen LogP contribution in [0.5, 0.6) is 5.75 Å². The summed E-state index contributed by atoms with van der Waals surface area (Å²) in [4.78, 5) is 16.8. The van der Waals surface area contributed by atoms with Crippen LogP contribution in [0, 0.1) is 0 Å². The zero-order valence-electron chi connectivity index (χ0n) is 14.2. The Balaban J connectivity index is 1.39. The van der Waals surface area contributed by atoms with E-state index in [4.69, 9.17) is 9.26 Å². The monoisotopic (exact) mass is 349 g/mol. The zero-order chi connectivity index (χ0) is 17.8. The van der Waals surface area contributed by atoms with Gasteiger partial charge in [0.05, 0.1) is 5.56 Å². The Morgan fingerprint density at radius 2 is 1.88 bits per heavy atom. The number of nitrogens with zero attached hydrogens (tertiary/aromatic N) is 2. The van der Waals surface area contributed by atoms with Crippen LogP contribution in [0.15, 0.2) is 59.1 Å². The lowest BCUT2D eigenvalue weighted by Gasteiger charge is -2.10. The molecule has 4 rings (SSSR count). The van der Waals surface area contributed by atoms with E-state index in [-0.39, 0.29) is 12.5 Å². The van der Waals surface area contributed by atoms with Crippen molar-refractivity contribution in [2.45, 2.75) is 31.9 Å². The number of carbonyl (C=O) groups is 1. The Morgan fingerprint density at radius 1 is 1.12 bits per heavy atom. The fraction of sp³-hybridized carbons (Fsp3) is 0.250. The molecule has 1 fully saturated rings. The number of benzene rings is 2. The van der Waals surface area contributed by atoms with Gasteiger partial charge in [-0.3, -0.25) is 4.79 Å². The predicted octanol–water partition coefficient (Wildman–Crippen LogP) is 3.46. The number of aromatic nitrogens is 2. The standard InChI is InChI=1S/C20H19N3O3/c24-20(21-12-14-6-2-1-3-7-14)16-8-4-5-9-17(16)25-13-18-22-19(23-26-18)15-10-11-15/h1-9,15H,10-13H2,(H,21,24). The third kappa shape index (κ3) is 3.91. The quantitative estimate of drug-likeness (QED) is 0.707. The molecular formula is C20H19N3O3. The minimum Gasteiger partial charge on any atom is -0.483 e. The van der Waals surface area contributed by atoms with E-state index < -0.39 is 0 Å². The van der Waals surface area contributed by atoms with Crippen LogP contribution in [0.3, 0.4) is 0 Å². The maximum Gasteiger partial charge on any atom is 0.264 e. The van der Waals surface area contributed by atoms with E-state index in [9.17, 15) is 4.79 Å². The number of nitrogens with one attached hydrogen (secondary N) is 1. The first-order chi connectivity index (χ1) is 12.8. The lowest BCUT2D eigenvalue weighted by molar-refractivity contribution is 0.0945. The maximum absolute atomic E-state index is 12.5. The zero-order valence-corrected chi connectivity index (χ0v) is 14.2. The molecule has 1 saturated carbocycles. The molecule has 2 aromatic carbocycles. The first kappa shape index (κ1) is 16.3. The summed E-state index contributed by atoms with van der Waals surface area (Å²) in [7, 11) is 0. The summed E-state index contributed by atoms with van der Waals surface area (Å²) in [6.07, 6.45) is 2.23. The molecule has 1 heterocycles. The highest BCUT2D eigenvalue weighted by molar-refractivity contribution is 5.96. The van der Waals surface area contributed by atoms with E-state index in [2.05, 4.69) is 15.5 Å². The van der Waals surface area contributed by atoms with Gasteiger partial charge in [0, 0.05) is 12.5 Å². The number of amides is 1. The van der Waals surface area contributed by atoms with Crippen LogP contribution < -0.4 is 10.1 Å². The van der Waals surface area contributed by atoms with Crippen molar-refractivity contribution >= 4 is 5.91 Å². The van der Waals surface area contributed by atoms with Gasteiger partial charge in [-0.15, -0.1) is 0 Å². The Bertz CT molecular complexity index is 888. The van der Waals surface area contributed by atoms with Gasteiger partial charge in [0.25, 0.3) is 11.8 Å². The number of hydrogen-bond acceptors (Lipinski definition) is 5. The molecule has 132 valence electrons. The van der Waals surface area contributed by atoms with Crippen molar-refractivity contribution in [1.82, 2.24) is 15.5 Å². The van der Waals surface area contributed by atoms with Crippen molar-refractivity contribution < 1.29 is 14.1 Å². The lowest BCUT2D eigenvalue weighted by Crippen LogP contribution is -2.23. The minimum atomic E-state index is -0.186. The minimum absolute atomic E-state index is 0.142. The molecule has 1 aliphatic rings. The molecule has 0 spiro atoms. The van der Waals surface area contributed by atoms with E-state index >= 15 is 0 Å². The van der Waals surface area contributed by atoms with Crippen LogP contribution in [0.1, 0.15) is 46.4 Å². The second kappa shape index (κ2) is 7.39. The number of para-hydroxylation sites is 1. The lowest BCUT2D eigenvalue weighted by atomic mass is 10.1. The number of ether oxygens (including phenoxy) is 1. The Hall–Kier alpha value is -3.15. The third-order valence-electron chi connectivity index (χ3n) is 4.21. The van der Waals surface area contributed by atoms with E-state index in [1.807, 2.05) is 42.5 Å². The molecule has 0 saturated heterocycles. The Morgan fingerprint density at radius 3 is 2.69 bits per heavy atom. The Kier molecular flexibility index (Phi) is 4.64. The van der Waals surface area contributed by atoms with Crippen LogP contribution in [-0.2, 0) is 13.2 Å². The van der Waals surface area contributed by atoms with Crippen molar-refractivity contribution in [1.29, 1.82) is 0 Å². The number of carbonyl (C=O) groups excluding carboxylic acids is 1. The molecule has 0 atom stereocenters. The van der Waals surface area contributed by atoms with Crippen molar-refractivity contribution in [3.05, 3.63) is 77.4 Å².